The molecule has 24 heavy (non-hydrogen) atoms. The zero-order chi connectivity index (χ0) is 16.4. The number of benzene rings is 1. The molecule has 1 saturated heterocycles. The molecule has 1 N–H and O–H groups in total. The number of rotatable bonds is 3. The summed E-state index contributed by atoms with van der Waals surface area (Å²) in [5, 5.41) is 3.30. The van der Waals surface area contributed by atoms with E-state index in [9.17, 15) is 4.79 Å². The Morgan fingerprint density at radius 2 is 1.88 bits per heavy atom. The Balaban J connectivity index is 1.43. The summed E-state index contributed by atoms with van der Waals surface area (Å²) in [4.78, 5) is 19.1. The van der Waals surface area contributed by atoms with Gasteiger partial charge in [-0.2, -0.15) is 0 Å². The number of fused-ring (bicyclic) bond motifs is 2. The van der Waals surface area contributed by atoms with Crippen LogP contribution in [0.25, 0.3) is 0 Å². The fourth-order valence-electron chi connectivity index (χ4n) is 4.06. The lowest BCUT2D eigenvalue weighted by atomic mass is 9.75. The second-order valence-corrected chi connectivity index (χ2v) is 6.88. The summed E-state index contributed by atoms with van der Waals surface area (Å²) < 4.78 is 0. The van der Waals surface area contributed by atoms with Crippen LogP contribution in [-0.4, -0.2) is 35.4 Å². The smallest absolute Gasteiger partial charge is 0.225 e. The number of nitrogens with one attached hydrogen (secondary N) is 1. The van der Waals surface area contributed by atoms with Crippen molar-refractivity contribution in [2.45, 2.75) is 31.2 Å². The van der Waals surface area contributed by atoms with Gasteiger partial charge in [0, 0.05) is 37.9 Å². The van der Waals surface area contributed by atoms with Gasteiger partial charge in [-0.3, -0.25) is 9.78 Å². The standard InChI is InChI=1S/C20H23N3O/c24-19-15-16-5-1-2-7-18(16)20(22-19)9-13-23(14-10-20)12-8-17-6-3-4-11-21-17/h1-7,11H,8-10,12-15H2,(H,22,24). The molecule has 1 aromatic heterocycles. The SMILES string of the molecule is O=C1Cc2ccccc2C2(CCN(CCc3ccccn3)CC2)N1. The van der Waals surface area contributed by atoms with Crippen LogP contribution in [0.2, 0.25) is 0 Å². The molecule has 0 atom stereocenters. The van der Waals surface area contributed by atoms with Gasteiger partial charge in [0.25, 0.3) is 0 Å². The van der Waals surface area contributed by atoms with E-state index in [4.69, 9.17) is 0 Å². The molecular weight excluding hydrogens is 298 g/mol. The van der Waals surface area contributed by atoms with Crippen LogP contribution in [0, 0.1) is 0 Å². The van der Waals surface area contributed by atoms with Gasteiger partial charge in [-0.1, -0.05) is 30.3 Å². The number of likely N-dealkylation sites (tertiary alicyclic amines) is 1. The molecule has 1 aromatic carbocycles. The largest absolute Gasteiger partial charge is 0.346 e. The van der Waals surface area contributed by atoms with Crippen LogP contribution in [0.3, 0.4) is 0 Å². The highest BCUT2D eigenvalue weighted by Gasteiger charge is 2.41. The topological polar surface area (TPSA) is 45.2 Å². The van der Waals surface area contributed by atoms with Crippen molar-refractivity contribution >= 4 is 5.91 Å². The van der Waals surface area contributed by atoms with Gasteiger partial charge < -0.3 is 10.2 Å². The van der Waals surface area contributed by atoms with Crippen LogP contribution in [0.15, 0.2) is 48.7 Å². The molecule has 0 bridgehead atoms. The van der Waals surface area contributed by atoms with E-state index >= 15 is 0 Å². The van der Waals surface area contributed by atoms with E-state index in [-0.39, 0.29) is 11.4 Å². The Morgan fingerprint density at radius 3 is 2.67 bits per heavy atom. The maximum Gasteiger partial charge on any atom is 0.225 e. The van der Waals surface area contributed by atoms with Crippen LogP contribution in [-0.2, 0) is 23.2 Å². The minimum Gasteiger partial charge on any atom is -0.346 e. The maximum absolute atomic E-state index is 12.2. The van der Waals surface area contributed by atoms with Gasteiger partial charge in [-0.15, -0.1) is 0 Å². The van der Waals surface area contributed by atoms with E-state index in [1.807, 2.05) is 24.4 Å². The Bertz CT molecular complexity index is 721. The molecular formula is C20H23N3O. The number of aromatic nitrogens is 1. The summed E-state index contributed by atoms with van der Waals surface area (Å²) in [5.41, 5.74) is 3.51. The van der Waals surface area contributed by atoms with Gasteiger partial charge in [0.05, 0.1) is 12.0 Å². The molecule has 0 saturated carbocycles. The Morgan fingerprint density at radius 1 is 1.08 bits per heavy atom. The minimum absolute atomic E-state index is 0.159. The van der Waals surface area contributed by atoms with Crippen molar-refractivity contribution in [3.8, 4) is 0 Å². The highest BCUT2D eigenvalue weighted by Crippen LogP contribution is 2.37. The fraction of sp³-hybridized carbons (Fsp3) is 0.400. The zero-order valence-electron chi connectivity index (χ0n) is 13.9. The first-order valence-corrected chi connectivity index (χ1v) is 8.77. The lowest BCUT2D eigenvalue weighted by molar-refractivity contribution is -0.124. The fourth-order valence-corrected chi connectivity index (χ4v) is 4.06. The molecule has 4 rings (SSSR count). The van der Waals surface area contributed by atoms with Gasteiger partial charge in [0.1, 0.15) is 0 Å². The second-order valence-electron chi connectivity index (χ2n) is 6.88. The molecule has 2 aromatic rings. The van der Waals surface area contributed by atoms with Gasteiger partial charge in [0.2, 0.25) is 5.91 Å². The van der Waals surface area contributed by atoms with Crippen molar-refractivity contribution < 1.29 is 4.79 Å². The lowest BCUT2D eigenvalue weighted by Gasteiger charge is -2.45. The van der Waals surface area contributed by atoms with E-state index in [1.54, 1.807) is 0 Å². The zero-order valence-corrected chi connectivity index (χ0v) is 13.9. The molecule has 4 heteroatoms. The molecule has 1 fully saturated rings. The molecule has 124 valence electrons. The Kier molecular flexibility index (Phi) is 4.07. The lowest BCUT2D eigenvalue weighted by Crippen LogP contribution is -2.56. The molecule has 0 unspecified atom stereocenters. The predicted octanol–water partition coefficient (Wildman–Crippen LogP) is 2.29. The molecule has 3 heterocycles. The molecule has 2 aliphatic heterocycles. The number of hydrogen-bond acceptors (Lipinski definition) is 3. The number of carbonyl (C=O) groups excluding carboxylic acids is 1. The third-order valence-corrected chi connectivity index (χ3v) is 5.38. The summed E-state index contributed by atoms with van der Waals surface area (Å²) in [6, 6.07) is 14.5. The minimum atomic E-state index is -0.159. The Hall–Kier alpha value is -2.20. The van der Waals surface area contributed by atoms with E-state index < -0.39 is 0 Å². The average Bonchev–Trinajstić information content (AvgIpc) is 2.62. The first-order valence-electron chi connectivity index (χ1n) is 8.77. The number of carbonyl (C=O) groups is 1. The van der Waals surface area contributed by atoms with Crippen molar-refractivity contribution in [3.63, 3.8) is 0 Å². The van der Waals surface area contributed by atoms with E-state index in [0.717, 1.165) is 44.6 Å². The first kappa shape index (κ1) is 15.3. The maximum atomic E-state index is 12.2. The number of amides is 1. The molecule has 0 aliphatic carbocycles. The van der Waals surface area contributed by atoms with E-state index in [1.165, 1.54) is 11.1 Å². The van der Waals surface area contributed by atoms with Crippen LogP contribution in [0.4, 0.5) is 0 Å². The Labute approximate surface area is 142 Å². The highest BCUT2D eigenvalue weighted by atomic mass is 16.1. The normalized spacial score (nSPS) is 19.8. The third kappa shape index (κ3) is 2.94. The van der Waals surface area contributed by atoms with Gasteiger partial charge >= 0.3 is 0 Å². The van der Waals surface area contributed by atoms with E-state index in [2.05, 4.69) is 39.5 Å². The number of pyridine rings is 1. The number of piperidine rings is 1. The summed E-state index contributed by atoms with van der Waals surface area (Å²) in [6.07, 6.45) is 5.32. The molecule has 1 amide bonds. The van der Waals surface area contributed by atoms with Gasteiger partial charge in [-0.25, -0.2) is 0 Å². The number of hydrogen-bond donors (Lipinski definition) is 1. The highest BCUT2D eigenvalue weighted by molar-refractivity contribution is 5.82. The van der Waals surface area contributed by atoms with Crippen molar-refractivity contribution in [1.82, 2.24) is 15.2 Å². The second kappa shape index (κ2) is 6.36. The van der Waals surface area contributed by atoms with Crippen LogP contribution in [0.5, 0.6) is 0 Å². The molecule has 1 spiro atoms. The molecule has 4 nitrogen and oxygen atoms in total. The van der Waals surface area contributed by atoms with Crippen molar-refractivity contribution in [1.29, 1.82) is 0 Å². The molecule has 2 aliphatic rings. The number of nitrogens with zero attached hydrogens (tertiary/aromatic N) is 2. The van der Waals surface area contributed by atoms with Crippen molar-refractivity contribution in [2.24, 2.45) is 0 Å². The van der Waals surface area contributed by atoms with Crippen molar-refractivity contribution in [3.05, 3.63) is 65.5 Å². The first-order chi connectivity index (χ1) is 11.8. The van der Waals surface area contributed by atoms with Gasteiger partial charge in [0.15, 0.2) is 0 Å². The quantitative estimate of drug-likeness (QED) is 0.943. The summed E-state index contributed by atoms with van der Waals surface area (Å²) in [7, 11) is 0. The third-order valence-electron chi connectivity index (χ3n) is 5.38. The summed E-state index contributed by atoms with van der Waals surface area (Å²) in [6.45, 7) is 3.06. The summed E-state index contributed by atoms with van der Waals surface area (Å²) >= 11 is 0. The predicted molar refractivity (Wildman–Crippen MR) is 93.6 cm³/mol. The van der Waals surface area contributed by atoms with E-state index in [0.29, 0.717) is 6.42 Å². The monoisotopic (exact) mass is 321 g/mol. The van der Waals surface area contributed by atoms with Crippen LogP contribution >= 0.6 is 0 Å². The average molecular weight is 321 g/mol. The molecule has 0 radical (unpaired) electrons. The summed E-state index contributed by atoms with van der Waals surface area (Å²) in [5.74, 6) is 0.163. The van der Waals surface area contributed by atoms with Gasteiger partial charge in [-0.05, 0) is 36.1 Å². The van der Waals surface area contributed by atoms with Crippen LogP contribution < -0.4 is 5.32 Å². The van der Waals surface area contributed by atoms with Crippen LogP contribution in [0.1, 0.15) is 29.7 Å². The van der Waals surface area contributed by atoms with Crippen molar-refractivity contribution in [2.75, 3.05) is 19.6 Å².